The van der Waals surface area contributed by atoms with Gasteiger partial charge in [-0.25, -0.2) is 4.79 Å². The number of carbonyl (C=O) groups is 2. The van der Waals surface area contributed by atoms with Gasteiger partial charge in [0.05, 0.1) is 22.9 Å². The van der Waals surface area contributed by atoms with Crippen LogP contribution in [0.1, 0.15) is 31.8 Å². The number of aromatic nitrogens is 1. The predicted octanol–water partition coefficient (Wildman–Crippen LogP) is 4.03. The highest BCUT2D eigenvalue weighted by molar-refractivity contribution is 7.16. The molecule has 27 heavy (non-hydrogen) atoms. The standard InChI is InChI=1S/C21H20N2O3S/c1-5-8-23-17-7-6-15(20(25)26-4)12-18(17)27-21(23)22-19(24)16-10-13(2)9-14(3)11-16/h5-7,9-12H,1,8H2,2-4H3. The Labute approximate surface area is 161 Å². The number of ether oxygens (including phenoxy) is 1. The van der Waals surface area contributed by atoms with Crippen LogP contribution in [0.15, 0.2) is 54.0 Å². The van der Waals surface area contributed by atoms with Gasteiger partial charge in [0.25, 0.3) is 5.91 Å². The third-order valence-electron chi connectivity index (χ3n) is 4.08. The van der Waals surface area contributed by atoms with Crippen LogP contribution in [0.25, 0.3) is 10.2 Å². The number of thiazole rings is 1. The molecule has 138 valence electrons. The largest absolute Gasteiger partial charge is 0.465 e. The molecule has 6 heteroatoms. The van der Waals surface area contributed by atoms with Crippen molar-refractivity contribution in [3.63, 3.8) is 0 Å². The van der Waals surface area contributed by atoms with Crippen molar-refractivity contribution in [2.45, 2.75) is 20.4 Å². The number of benzene rings is 2. The monoisotopic (exact) mass is 380 g/mol. The zero-order valence-corrected chi connectivity index (χ0v) is 16.3. The molecular weight excluding hydrogens is 360 g/mol. The highest BCUT2D eigenvalue weighted by atomic mass is 32.1. The Morgan fingerprint density at radius 3 is 2.48 bits per heavy atom. The molecule has 3 aromatic rings. The Morgan fingerprint density at radius 2 is 1.85 bits per heavy atom. The highest BCUT2D eigenvalue weighted by Crippen LogP contribution is 2.20. The first-order chi connectivity index (χ1) is 12.9. The lowest BCUT2D eigenvalue weighted by Gasteiger charge is -2.03. The van der Waals surface area contributed by atoms with Crippen molar-refractivity contribution < 1.29 is 14.3 Å². The van der Waals surface area contributed by atoms with Gasteiger partial charge in [0, 0.05) is 12.1 Å². The maximum atomic E-state index is 12.7. The van der Waals surface area contributed by atoms with E-state index in [0.717, 1.165) is 21.3 Å². The van der Waals surface area contributed by atoms with Crippen molar-refractivity contribution in [2.24, 2.45) is 4.99 Å². The number of hydrogen-bond acceptors (Lipinski definition) is 4. The fourth-order valence-corrected chi connectivity index (χ4v) is 4.04. The quantitative estimate of drug-likeness (QED) is 0.507. The van der Waals surface area contributed by atoms with Crippen LogP contribution in [-0.2, 0) is 11.3 Å². The maximum absolute atomic E-state index is 12.7. The van der Waals surface area contributed by atoms with Crippen LogP contribution in [0.5, 0.6) is 0 Å². The van der Waals surface area contributed by atoms with Gasteiger partial charge in [0.1, 0.15) is 0 Å². The third kappa shape index (κ3) is 3.90. The molecule has 1 heterocycles. The highest BCUT2D eigenvalue weighted by Gasteiger charge is 2.12. The van der Waals surface area contributed by atoms with Crippen LogP contribution >= 0.6 is 11.3 Å². The lowest BCUT2D eigenvalue weighted by molar-refractivity contribution is 0.0601. The summed E-state index contributed by atoms with van der Waals surface area (Å²) in [7, 11) is 1.35. The molecule has 5 nitrogen and oxygen atoms in total. The number of nitrogens with zero attached hydrogens (tertiary/aromatic N) is 2. The lowest BCUT2D eigenvalue weighted by atomic mass is 10.1. The SMILES string of the molecule is C=CCn1c(=NC(=O)c2cc(C)cc(C)c2)sc2cc(C(=O)OC)ccc21. The first kappa shape index (κ1) is 18.8. The average Bonchev–Trinajstić information content (AvgIpc) is 2.97. The zero-order chi connectivity index (χ0) is 19.6. The molecule has 0 radical (unpaired) electrons. The number of rotatable bonds is 4. The summed E-state index contributed by atoms with van der Waals surface area (Å²) in [5.74, 6) is -0.690. The molecule has 0 N–H and O–H groups in total. The summed E-state index contributed by atoms with van der Waals surface area (Å²) in [4.78, 5) is 29.4. The Bertz CT molecular complexity index is 1100. The van der Waals surface area contributed by atoms with Crippen LogP contribution in [-0.4, -0.2) is 23.6 Å². The van der Waals surface area contributed by atoms with Gasteiger partial charge in [-0.15, -0.1) is 6.58 Å². The smallest absolute Gasteiger partial charge is 0.337 e. The summed E-state index contributed by atoms with van der Waals surface area (Å²) in [5.41, 5.74) is 3.95. The molecule has 0 saturated carbocycles. The number of hydrogen-bond donors (Lipinski definition) is 0. The molecule has 0 aliphatic heterocycles. The normalized spacial score (nSPS) is 11.6. The molecule has 0 bridgehead atoms. The van der Waals surface area contributed by atoms with E-state index in [-0.39, 0.29) is 5.91 Å². The average molecular weight is 380 g/mol. The minimum atomic E-state index is -0.398. The van der Waals surface area contributed by atoms with Gasteiger partial charge in [-0.3, -0.25) is 4.79 Å². The van der Waals surface area contributed by atoms with E-state index < -0.39 is 5.97 Å². The van der Waals surface area contributed by atoms with Crippen LogP contribution in [0, 0.1) is 13.8 Å². The van der Waals surface area contributed by atoms with Gasteiger partial charge in [0.2, 0.25) is 0 Å². The molecule has 0 aliphatic rings. The predicted molar refractivity (Wildman–Crippen MR) is 107 cm³/mol. The second-order valence-electron chi connectivity index (χ2n) is 6.25. The minimum Gasteiger partial charge on any atom is -0.465 e. The van der Waals surface area contributed by atoms with Gasteiger partial charge >= 0.3 is 5.97 Å². The van der Waals surface area contributed by atoms with Gasteiger partial charge in [-0.05, 0) is 44.2 Å². The first-order valence-electron chi connectivity index (χ1n) is 8.43. The fraction of sp³-hybridized carbons (Fsp3) is 0.190. The summed E-state index contributed by atoms with van der Waals surface area (Å²) < 4.78 is 7.54. The van der Waals surface area contributed by atoms with Crippen molar-refractivity contribution in [3.8, 4) is 0 Å². The fourth-order valence-electron chi connectivity index (χ4n) is 2.96. The van der Waals surface area contributed by atoms with Crippen molar-refractivity contribution in [1.82, 2.24) is 4.57 Å². The molecule has 0 unspecified atom stereocenters. The Morgan fingerprint density at radius 1 is 1.15 bits per heavy atom. The summed E-state index contributed by atoms with van der Waals surface area (Å²) in [6.07, 6.45) is 1.75. The van der Waals surface area contributed by atoms with Gasteiger partial charge in [-0.1, -0.05) is 34.6 Å². The van der Waals surface area contributed by atoms with Crippen LogP contribution in [0.2, 0.25) is 0 Å². The van der Waals surface area contributed by atoms with Crippen molar-refractivity contribution in [2.75, 3.05) is 7.11 Å². The molecule has 3 rings (SSSR count). The Hall–Kier alpha value is -2.99. The number of esters is 1. The molecule has 0 atom stereocenters. The molecule has 0 aliphatic carbocycles. The molecule has 2 aromatic carbocycles. The van der Waals surface area contributed by atoms with E-state index in [0.29, 0.717) is 22.5 Å². The molecule has 0 saturated heterocycles. The van der Waals surface area contributed by atoms with Crippen molar-refractivity contribution in [1.29, 1.82) is 0 Å². The van der Waals surface area contributed by atoms with Crippen LogP contribution in [0.3, 0.4) is 0 Å². The molecule has 0 fully saturated rings. The minimum absolute atomic E-state index is 0.292. The Balaban J connectivity index is 2.15. The van der Waals surface area contributed by atoms with E-state index in [1.54, 1.807) is 18.2 Å². The second-order valence-corrected chi connectivity index (χ2v) is 7.26. The summed E-state index contributed by atoms with van der Waals surface area (Å²) in [5, 5.41) is 0. The van der Waals surface area contributed by atoms with Crippen molar-refractivity contribution >= 4 is 33.4 Å². The van der Waals surface area contributed by atoms with Gasteiger partial charge in [0.15, 0.2) is 4.80 Å². The summed E-state index contributed by atoms with van der Waals surface area (Å²) >= 11 is 1.36. The summed E-state index contributed by atoms with van der Waals surface area (Å²) in [6.45, 7) is 8.20. The number of amides is 1. The number of fused-ring (bicyclic) bond motifs is 1. The van der Waals surface area contributed by atoms with Crippen molar-refractivity contribution in [3.05, 3.63) is 76.1 Å². The Kier molecular flexibility index (Phi) is 5.37. The van der Waals surface area contributed by atoms with E-state index in [9.17, 15) is 9.59 Å². The molecular formula is C21H20N2O3S. The second kappa shape index (κ2) is 7.72. The van der Waals surface area contributed by atoms with E-state index in [1.165, 1.54) is 18.4 Å². The van der Waals surface area contributed by atoms with E-state index in [2.05, 4.69) is 11.6 Å². The van der Waals surface area contributed by atoms with Gasteiger partial charge in [-0.2, -0.15) is 4.99 Å². The van der Waals surface area contributed by atoms with E-state index >= 15 is 0 Å². The third-order valence-corrected chi connectivity index (χ3v) is 5.12. The zero-order valence-electron chi connectivity index (χ0n) is 15.5. The van der Waals surface area contributed by atoms with E-state index in [1.807, 2.05) is 42.7 Å². The van der Waals surface area contributed by atoms with Crippen LogP contribution in [0.4, 0.5) is 0 Å². The van der Waals surface area contributed by atoms with Crippen LogP contribution < -0.4 is 4.80 Å². The number of carbonyl (C=O) groups excluding carboxylic acids is 2. The molecule has 0 spiro atoms. The van der Waals surface area contributed by atoms with E-state index in [4.69, 9.17) is 4.74 Å². The summed E-state index contributed by atoms with van der Waals surface area (Å²) in [6, 6.07) is 11.0. The topological polar surface area (TPSA) is 60.7 Å². The number of methoxy groups -OCH3 is 1. The maximum Gasteiger partial charge on any atom is 0.337 e. The molecule has 1 amide bonds. The lowest BCUT2D eigenvalue weighted by Crippen LogP contribution is -2.16. The van der Waals surface area contributed by atoms with Gasteiger partial charge < -0.3 is 9.30 Å². The first-order valence-corrected chi connectivity index (χ1v) is 9.24. The number of aryl methyl sites for hydroxylation is 2. The molecule has 1 aromatic heterocycles. The number of allylic oxidation sites excluding steroid dienone is 1.